The lowest BCUT2D eigenvalue weighted by molar-refractivity contribution is -0.114. The van der Waals surface area contributed by atoms with E-state index >= 15 is 0 Å². The first-order valence-electron chi connectivity index (χ1n) is 11.0. The molecule has 0 spiro atoms. The molecule has 172 valence electrons. The number of nitrogens with zero attached hydrogens (tertiary/aromatic N) is 3. The Morgan fingerprint density at radius 3 is 2.06 bits per heavy atom. The van der Waals surface area contributed by atoms with Crippen molar-refractivity contribution in [2.45, 2.75) is 30.7 Å². The predicted octanol–water partition coefficient (Wildman–Crippen LogP) is 2.76. The third kappa shape index (κ3) is 5.11. The van der Waals surface area contributed by atoms with E-state index in [0.29, 0.717) is 24.8 Å². The number of carbonyl (C=O) groups excluding carboxylic acids is 1. The van der Waals surface area contributed by atoms with Gasteiger partial charge in [-0.15, -0.1) is 0 Å². The van der Waals surface area contributed by atoms with Crippen molar-refractivity contribution in [3.63, 3.8) is 0 Å². The first-order chi connectivity index (χ1) is 15.3. The number of hydrogen-bond donors (Lipinski definition) is 1. The van der Waals surface area contributed by atoms with Crippen molar-refractivity contribution in [2.75, 3.05) is 49.5 Å². The Hall–Kier alpha value is -2.49. The number of carbonyl (C=O) groups is 1. The van der Waals surface area contributed by atoms with E-state index in [2.05, 4.69) is 15.1 Å². The minimum Gasteiger partial charge on any atom is -0.369 e. The van der Waals surface area contributed by atoms with Gasteiger partial charge < -0.3 is 10.2 Å². The van der Waals surface area contributed by atoms with Crippen LogP contribution in [0.5, 0.6) is 0 Å². The number of amides is 1. The van der Waals surface area contributed by atoms with Crippen LogP contribution in [0.15, 0.2) is 53.4 Å². The van der Waals surface area contributed by atoms with Gasteiger partial charge in [-0.2, -0.15) is 4.31 Å². The van der Waals surface area contributed by atoms with Crippen LogP contribution in [0.4, 0.5) is 15.8 Å². The predicted molar refractivity (Wildman–Crippen MR) is 123 cm³/mol. The zero-order valence-corrected chi connectivity index (χ0v) is 19.0. The van der Waals surface area contributed by atoms with Crippen molar-refractivity contribution in [3.05, 3.63) is 54.3 Å². The minimum absolute atomic E-state index is 0.193. The monoisotopic (exact) mass is 460 g/mol. The summed E-state index contributed by atoms with van der Waals surface area (Å²) in [6.07, 6.45) is 1.61. The summed E-state index contributed by atoms with van der Waals surface area (Å²) in [5.41, 5.74) is 1.62. The minimum atomic E-state index is -3.55. The summed E-state index contributed by atoms with van der Waals surface area (Å²) in [5.74, 6) is -0.418. The highest BCUT2D eigenvalue weighted by Crippen LogP contribution is 2.26. The second-order valence-electron chi connectivity index (χ2n) is 8.34. The maximum Gasteiger partial charge on any atom is 0.243 e. The first kappa shape index (κ1) is 22.7. The fourth-order valence-corrected chi connectivity index (χ4v) is 5.98. The van der Waals surface area contributed by atoms with Crippen LogP contribution >= 0.6 is 0 Å². The molecule has 4 rings (SSSR count). The second-order valence-corrected chi connectivity index (χ2v) is 10.3. The van der Waals surface area contributed by atoms with E-state index < -0.39 is 10.0 Å². The van der Waals surface area contributed by atoms with E-state index in [1.807, 2.05) is 12.1 Å². The maximum atomic E-state index is 13.2. The number of anilines is 2. The largest absolute Gasteiger partial charge is 0.369 e. The van der Waals surface area contributed by atoms with Crippen molar-refractivity contribution < 1.29 is 17.6 Å². The fraction of sp³-hybridized carbons (Fsp3) is 0.435. The Morgan fingerprint density at radius 1 is 0.906 bits per heavy atom. The molecule has 0 bridgehead atoms. The molecule has 7 nitrogen and oxygen atoms in total. The third-order valence-electron chi connectivity index (χ3n) is 6.26. The number of piperidine rings is 1. The molecular weight excluding hydrogens is 431 g/mol. The Kier molecular flexibility index (Phi) is 6.78. The van der Waals surface area contributed by atoms with Crippen molar-refractivity contribution in [3.8, 4) is 0 Å². The number of benzene rings is 2. The maximum absolute atomic E-state index is 13.2. The highest BCUT2D eigenvalue weighted by Gasteiger charge is 2.32. The van der Waals surface area contributed by atoms with Crippen LogP contribution in [0.2, 0.25) is 0 Å². The smallest absolute Gasteiger partial charge is 0.243 e. The molecule has 2 aromatic carbocycles. The Morgan fingerprint density at radius 2 is 1.50 bits per heavy atom. The average Bonchev–Trinajstić information content (AvgIpc) is 2.80. The molecule has 2 fully saturated rings. The SMILES string of the molecule is CC(=O)Nc1ccc(S(=O)(=O)N2CCC(N3CCN(c4ccc(F)cc4)CC3)CC2)cc1. The van der Waals surface area contributed by atoms with Gasteiger partial charge in [-0.25, -0.2) is 12.8 Å². The van der Waals surface area contributed by atoms with Gasteiger partial charge in [0.2, 0.25) is 15.9 Å². The molecule has 1 N–H and O–H groups in total. The number of nitrogens with one attached hydrogen (secondary N) is 1. The lowest BCUT2D eigenvalue weighted by atomic mass is 10.0. The summed E-state index contributed by atoms with van der Waals surface area (Å²) in [7, 11) is -3.55. The molecule has 2 aliphatic heterocycles. The molecule has 1 amide bonds. The molecule has 32 heavy (non-hydrogen) atoms. The van der Waals surface area contributed by atoms with Crippen LogP contribution in [-0.4, -0.2) is 68.8 Å². The van der Waals surface area contributed by atoms with Gasteiger partial charge in [0.1, 0.15) is 5.82 Å². The van der Waals surface area contributed by atoms with Gasteiger partial charge >= 0.3 is 0 Å². The molecule has 2 saturated heterocycles. The molecular formula is C23H29FN4O3S. The summed E-state index contributed by atoms with van der Waals surface area (Å²) in [4.78, 5) is 16.1. The summed E-state index contributed by atoms with van der Waals surface area (Å²) >= 11 is 0. The van der Waals surface area contributed by atoms with Crippen molar-refractivity contribution in [1.82, 2.24) is 9.21 Å². The van der Waals surface area contributed by atoms with E-state index in [0.717, 1.165) is 44.7 Å². The number of halogens is 1. The Balaban J connectivity index is 1.30. The second kappa shape index (κ2) is 9.56. The molecule has 0 saturated carbocycles. The van der Waals surface area contributed by atoms with E-state index in [1.165, 1.54) is 19.1 Å². The van der Waals surface area contributed by atoms with Crippen molar-refractivity contribution >= 4 is 27.3 Å². The average molecular weight is 461 g/mol. The summed E-state index contributed by atoms with van der Waals surface area (Å²) in [5, 5.41) is 2.65. The molecule has 2 heterocycles. The zero-order valence-electron chi connectivity index (χ0n) is 18.2. The highest BCUT2D eigenvalue weighted by atomic mass is 32.2. The lowest BCUT2D eigenvalue weighted by Gasteiger charge is -2.43. The van der Waals surface area contributed by atoms with Crippen LogP contribution in [0.25, 0.3) is 0 Å². The van der Waals surface area contributed by atoms with Crippen molar-refractivity contribution in [1.29, 1.82) is 0 Å². The number of sulfonamides is 1. The highest BCUT2D eigenvalue weighted by molar-refractivity contribution is 7.89. The molecule has 0 atom stereocenters. The van der Waals surface area contributed by atoms with Gasteiger partial charge in [0, 0.05) is 63.6 Å². The van der Waals surface area contributed by atoms with E-state index in [-0.39, 0.29) is 16.6 Å². The lowest BCUT2D eigenvalue weighted by Crippen LogP contribution is -2.53. The topological polar surface area (TPSA) is 73.0 Å². The third-order valence-corrected chi connectivity index (χ3v) is 8.17. The normalized spacial score (nSPS) is 19.1. The zero-order chi connectivity index (χ0) is 22.7. The van der Waals surface area contributed by atoms with Crippen LogP contribution < -0.4 is 10.2 Å². The number of piperazine rings is 1. The van der Waals surface area contributed by atoms with Crippen LogP contribution in [0, 0.1) is 5.82 Å². The molecule has 0 radical (unpaired) electrons. The molecule has 0 aromatic heterocycles. The Bertz CT molecular complexity index is 1030. The van der Waals surface area contributed by atoms with Crippen LogP contribution in [0.3, 0.4) is 0 Å². The van der Waals surface area contributed by atoms with Gasteiger partial charge in [-0.3, -0.25) is 9.69 Å². The van der Waals surface area contributed by atoms with Crippen molar-refractivity contribution in [2.24, 2.45) is 0 Å². The van der Waals surface area contributed by atoms with Crippen LogP contribution in [-0.2, 0) is 14.8 Å². The van der Waals surface area contributed by atoms with E-state index in [1.54, 1.807) is 28.6 Å². The Labute approximate surface area is 188 Å². The van der Waals surface area contributed by atoms with Gasteiger partial charge in [-0.1, -0.05) is 0 Å². The fourth-order valence-electron chi connectivity index (χ4n) is 4.51. The molecule has 2 aliphatic rings. The molecule has 9 heteroatoms. The molecule has 2 aromatic rings. The van der Waals surface area contributed by atoms with E-state index in [4.69, 9.17) is 0 Å². The molecule has 0 aliphatic carbocycles. The molecule has 0 unspecified atom stereocenters. The number of rotatable bonds is 5. The van der Waals surface area contributed by atoms with Gasteiger partial charge in [-0.05, 0) is 61.4 Å². The summed E-state index contributed by atoms with van der Waals surface area (Å²) in [6.45, 7) is 6.00. The summed E-state index contributed by atoms with van der Waals surface area (Å²) < 4.78 is 40.8. The van der Waals surface area contributed by atoms with Gasteiger partial charge in [0.15, 0.2) is 0 Å². The van der Waals surface area contributed by atoms with E-state index in [9.17, 15) is 17.6 Å². The standard InChI is InChI=1S/C23H29FN4O3S/c1-18(29)25-20-4-8-23(9-5-20)32(30,31)28-12-10-22(11-13-28)27-16-14-26(15-17-27)21-6-2-19(24)3-7-21/h2-9,22H,10-17H2,1H3,(H,25,29). The quantitative estimate of drug-likeness (QED) is 0.743. The first-order valence-corrected chi connectivity index (χ1v) is 12.4. The van der Waals surface area contributed by atoms with Crippen LogP contribution in [0.1, 0.15) is 19.8 Å². The van der Waals surface area contributed by atoms with Gasteiger partial charge in [0.25, 0.3) is 0 Å². The number of hydrogen-bond acceptors (Lipinski definition) is 5. The van der Waals surface area contributed by atoms with Gasteiger partial charge in [0.05, 0.1) is 4.90 Å². The summed E-state index contributed by atoms with van der Waals surface area (Å²) in [6, 6.07) is 13.3.